The smallest absolute Gasteiger partial charge is 0.275 e. The zero-order chi connectivity index (χ0) is 13.7. The molecule has 8 nitrogen and oxygen atoms in total. The average Bonchev–Trinajstić information content (AvgIpc) is 3.07. The van der Waals surface area contributed by atoms with Crippen LogP contribution >= 0.6 is 11.5 Å². The Bertz CT molecular complexity index is 527. The molecule has 0 unspecified atom stereocenters. The van der Waals surface area contributed by atoms with E-state index in [1.165, 1.54) is 0 Å². The molecule has 2 aromatic heterocycles. The van der Waals surface area contributed by atoms with Crippen LogP contribution in [-0.2, 0) is 17.9 Å². The van der Waals surface area contributed by atoms with Crippen molar-refractivity contribution in [2.45, 2.75) is 20.1 Å². The minimum Gasteiger partial charge on any atom is -0.377 e. The summed E-state index contributed by atoms with van der Waals surface area (Å²) in [5.41, 5.74) is 0.323. The lowest BCUT2D eigenvalue weighted by atomic mass is 10.4. The number of hydrogen-bond acceptors (Lipinski definition) is 8. The molecule has 0 saturated heterocycles. The van der Waals surface area contributed by atoms with Crippen LogP contribution < -0.4 is 0 Å². The monoisotopic (exact) mass is 283 g/mol. The summed E-state index contributed by atoms with van der Waals surface area (Å²) in [5, 5.41) is 9.10. The van der Waals surface area contributed by atoms with Crippen LogP contribution in [0.25, 0.3) is 0 Å². The van der Waals surface area contributed by atoms with Gasteiger partial charge in [0.25, 0.3) is 5.91 Å². The van der Waals surface area contributed by atoms with Crippen LogP contribution in [0.2, 0.25) is 0 Å². The first-order valence-electron chi connectivity index (χ1n) is 5.61. The molecule has 0 aromatic carbocycles. The van der Waals surface area contributed by atoms with E-state index in [0.29, 0.717) is 24.0 Å². The third kappa shape index (κ3) is 3.32. The fraction of sp³-hybridized carbons (Fsp3) is 0.500. The number of nitrogens with zero attached hydrogens (tertiary/aromatic N) is 5. The van der Waals surface area contributed by atoms with Crippen LogP contribution in [0.5, 0.6) is 0 Å². The fourth-order valence-electron chi connectivity index (χ4n) is 1.45. The third-order valence-electron chi connectivity index (χ3n) is 2.36. The molecule has 0 aliphatic rings. The second kappa shape index (κ2) is 6.34. The lowest BCUT2D eigenvalue weighted by Crippen LogP contribution is -2.30. The van der Waals surface area contributed by atoms with Gasteiger partial charge in [-0.1, -0.05) is 9.64 Å². The van der Waals surface area contributed by atoms with Crippen molar-refractivity contribution in [3.8, 4) is 0 Å². The van der Waals surface area contributed by atoms with E-state index in [2.05, 4.69) is 19.7 Å². The quantitative estimate of drug-likeness (QED) is 0.771. The Morgan fingerprint density at radius 3 is 3.05 bits per heavy atom. The van der Waals surface area contributed by atoms with E-state index in [1.807, 2.05) is 6.92 Å². The number of amides is 1. The first-order valence-corrected chi connectivity index (χ1v) is 6.45. The van der Waals surface area contributed by atoms with Gasteiger partial charge in [-0.3, -0.25) is 4.79 Å². The standard InChI is InChI=1S/C10H13N5O3S/c1-3-15(10(16)7-6-19-14-12-7)4-9-11-8(5-17-2)13-18-9/h6H,3-5H2,1-2H3. The van der Waals surface area contributed by atoms with Crippen LogP contribution in [0.15, 0.2) is 9.90 Å². The summed E-state index contributed by atoms with van der Waals surface area (Å²) in [6.45, 7) is 2.89. The summed E-state index contributed by atoms with van der Waals surface area (Å²) in [6.07, 6.45) is 0. The zero-order valence-electron chi connectivity index (χ0n) is 10.6. The van der Waals surface area contributed by atoms with E-state index < -0.39 is 0 Å². The van der Waals surface area contributed by atoms with Gasteiger partial charge in [0.1, 0.15) is 13.2 Å². The van der Waals surface area contributed by atoms with Crippen LogP contribution in [-0.4, -0.2) is 44.2 Å². The second-order valence-electron chi connectivity index (χ2n) is 3.65. The van der Waals surface area contributed by atoms with E-state index >= 15 is 0 Å². The molecule has 19 heavy (non-hydrogen) atoms. The Morgan fingerprint density at radius 1 is 1.58 bits per heavy atom. The molecule has 0 aliphatic carbocycles. The summed E-state index contributed by atoms with van der Waals surface area (Å²) in [5.74, 6) is 0.615. The van der Waals surface area contributed by atoms with Crippen LogP contribution in [0.1, 0.15) is 29.1 Å². The molecule has 1 amide bonds. The van der Waals surface area contributed by atoms with Crippen molar-refractivity contribution in [2.24, 2.45) is 0 Å². The van der Waals surface area contributed by atoms with Gasteiger partial charge in [-0.15, -0.1) is 5.10 Å². The highest BCUT2D eigenvalue weighted by Gasteiger charge is 2.19. The summed E-state index contributed by atoms with van der Waals surface area (Å²) in [6, 6.07) is 0. The van der Waals surface area contributed by atoms with E-state index in [0.717, 1.165) is 11.5 Å². The molecule has 2 heterocycles. The molecule has 0 bridgehead atoms. The third-order valence-corrected chi connectivity index (χ3v) is 2.86. The molecule has 0 spiro atoms. The predicted octanol–water partition coefficient (Wildman–Crippen LogP) is 0.730. The lowest BCUT2D eigenvalue weighted by molar-refractivity contribution is 0.0728. The normalized spacial score (nSPS) is 10.6. The highest BCUT2D eigenvalue weighted by molar-refractivity contribution is 7.03. The highest BCUT2D eigenvalue weighted by Crippen LogP contribution is 2.08. The van der Waals surface area contributed by atoms with Gasteiger partial charge in [0.2, 0.25) is 5.89 Å². The number of aromatic nitrogens is 4. The summed E-state index contributed by atoms with van der Waals surface area (Å²) in [4.78, 5) is 17.8. The maximum atomic E-state index is 12.1. The lowest BCUT2D eigenvalue weighted by Gasteiger charge is -2.16. The molecular formula is C10H13N5O3S. The number of hydrogen-bond donors (Lipinski definition) is 0. The highest BCUT2D eigenvalue weighted by atomic mass is 32.1. The number of rotatable bonds is 6. The minimum absolute atomic E-state index is 0.206. The molecule has 0 N–H and O–H groups in total. The fourth-order valence-corrected chi connectivity index (χ4v) is 1.88. The van der Waals surface area contributed by atoms with Gasteiger partial charge < -0.3 is 14.2 Å². The molecule has 0 saturated carbocycles. The molecule has 2 rings (SSSR count). The Morgan fingerprint density at radius 2 is 2.42 bits per heavy atom. The summed E-state index contributed by atoms with van der Waals surface area (Å²) >= 11 is 1.14. The van der Waals surface area contributed by atoms with E-state index in [4.69, 9.17) is 9.26 Å². The van der Waals surface area contributed by atoms with E-state index in [9.17, 15) is 4.79 Å². The number of ether oxygens (including phenoxy) is 1. The average molecular weight is 283 g/mol. The summed E-state index contributed by atoms with van der Waals surface area (Å²) < 4.78 is 13.6. The SMILES string of the molecule is CCN(Cc1nc(COC)no1)C(=O)c1csnn1. The Balaban J connectivity index is 2.04. The van der Waals surface area contributed by atoms with Gasteiger partial charge in [0.05, 0.1) is 0 Å². The van der Waals surface area contributed by atoms with Crippen molar-refractivity contribution in [1.82, 2.24) is 24.6 Å². The minimum atomic E-state index is -0.206. The number of methoxy groups -OCH3 is 1. The molecular weight excluding hydrogens is 270 g/mol. The first-order chi connectivity index (χ1) is 9.24. The van der Waals surface area contributed by atoms with Crippen molar-refractivity contribution in [3.05, 3.63) is 22.8 Å². The molecule has 102 valence electrons. The molecule has 2 aromatic rings. The molecule has 9 heteroatoms. The van der Waals surface area contributed by atoms with Crippen molar-refractivity contribution in [3.63, 3.8) is 0 Å². The van der Waals surface area contributed by atoms with E-state index in [-0.39, 0.29) is 19.1 Å². The van der Waals surface area contributed by atoms with Crippen LogP contribution in [0.3, 0.4) is 0 Å². The zero-order valence-corrected chi connectivity index (χ0v) is 11.4. The maximum absolute atomic E-state index is 12.1. The number of carbonyl (C=O) groups is 1. The largest absolute Gasteiger partial charge is 0.377 e. The van der Waals surface area contributed by atoms with Gasteiger partial charge >= 0.3 is 0 Å². The molecule has 0 radical (unpaired) electrons. The Hall–Kier alpha value is -1.87. The first kappa shape index (κ1) is 13.6. The van der Waals surface area contributed by atoms with Crippen molar-refractivity contribution >= 4 is 17.4 Å². The predicted molar refractivity (Wildman–Crippen MR) is 65.3 cm³/mol. The number of carbonyl (C=O) groups excluding carboxylic acids is 1. The van der Waals surface area contributed by atoms with E-state index in [1.54, 1.807) is 17.4 Å². The molecule has 0 aliphatic heterocycles. The van der Waals surface area contributed by atoms with Gasteiger partial charge in [0.15, 0.2) is 11.5 Å². The second-order valence-corrected chi connectivity index (χ2v) is 4.26. The maximum Gasteiger partial charge on any atom is 0.275 e. The van der Waals surface area contributed by atoms with Gasteiger partial charge in [0, 0.05) is 19.0 Å². The van der Waals surface area contributed by atoms with Crippen LogP contribution in [0.4, 0.5) is 0 Å². The topological polar surface area (TPSA) is 94.2 Å². The molecule has 0 fully saturated rings. The Kier molecular flexibility index (Phi) is 4.53. The molecule has 0 atom stereocenters. The Labute approximate surface area is 113 Å². The van der Waals surface area contributed by atoms with Crippen molar-refractivity contribution < 1.29 is 14.1 Å². The van der Waals surface area contributed by atoms with Gasteiger partial charge in [-0.2, -0.15) is 4.98 Å². The van der Waals surface area contributed by atoms with Crippen molar-refractivity contribution in [2.75, 3.05) is 13.7 Å². The van der Waals surface area contributed by atoms with Crippen LogP contribution in [0, 0.1) is 0 Å². The van der Waals surface area contributed by atoms with Gasteiger partial charge in [-0.05, 0) is 18.5 Å². The van der Waals surface area contributed by atoms with Gasteiger partial charge in [-0.25, -0.2) is 0 Å². The summed E-state index contributed by atoms with van der Waals surface area (Å²) in [7, 11) is 1.55. The van der Waals surface area contributed by atoms with Crippen molar-refractivity contribution in [1.29, 1.82) is 0 Å².